The van der Waals surface area contributed by atoms with Crippen LogP contribution < -0.4 is 14.8 Å². The number of halogens is 1. The van der Waals surface area contributed by atoms with E-state index in [0.29, 0.717) is 12.4 Å². The number of ether oxygens (including phenoxy) is 1. The highest BCUT2D eigenvalue weighted by Crippen LogP contribution is 2.36. The summed E-state index contributed by atoms with van der Waals surface area (Å²) in [6, 6.07) is 3.59. The van der Waals surface area contributed by atoms with Crippen molar-refractivity contribution in [3.63, 3.8) is 0 Å². The van der Waals surface area contributed by atoms with Crippen molar-refractivity contribution in [1.82, 2.24) is 10.0 Å². The lowest BCUT2D eigenvalue weighted by atomic mass is 10.0. The van der Waals surface area contributed by atoms with Gasteiger partial charge in [0, 0.05) is 28.5 Å². The van der Waals surface area contributed by atoms with E-state index < -0.39 is 10.0 Å². The standard InChI is InChI=1S/C14H19BrN2O3S/c1-9-12(3-2-5-16-9)17-21(18,19)13-8-11(15)7-10-4-6-20-14(10)13/h7-9,12,16-17H,2-6H2,1H3. The third kappa shape index (κ3) is 3.11. The van der Waals surface area contributed by atoms with Crippen LogP contribution in [0.1, 0.15) is 25.3 Å². The van der Waals surface area contributed by atoms with E-state index >= 15 is 0 Å². The zero-order chi connectivity index (χ0) is 15.0. The first-order valence-electron chi connectivity index (χ1n) is 7.18. The highest BCUT2D eigenvalue weighted by atomic mass is 79.9. The average molecular weight is 375 g/mol. The molecule has 2 aliphatic rings. The number of hydrogen-bond acceptors (Lipinski definition) is 4. The van der Waals surface area contributed by atoms with E-state index in [-0.39, 0.29) is 17.0 Å². The Morgan fingerprint density at radius 3 is 3.00 bits per heavy atom. The minimum atomic E-state index is -3.59. The van der Waals surface area contributed by atoms with Crippen molar-refractivity contribution >= 4 is 26.0 Å². The third-order valence-corrected chi connectivity index (χ3v) is 6.03. The fraction of sp³-hybridized carbons (Fsp3) is 0.571. The largest absolute Gasteiger partial charge is 0.492 e. The summed E-state index contributed by atoms with van der Waals surface area (Å²) in [5, 5.41) is 3.30. The van der Waals surface area contributed by atoms with Crippen molar-refractivity contribution in [3.8, 4) is 5.75 Å². The van der Waals surface area contributed by atoms with Gasteiger partial charge in [-0.15, -0.1) is 0 Å². The Labute approximate surface area is 133 Å². The monoisotopic (exact) mass is 374 g/mol. The van der Waals surface area contributed by atoms with E-state index in [1.54, 1.807) is 6.07 Å². The summed E-state index contributed by atoms with van der Waals surface area (Å²) in [7, 11) is -3.59. The van der Waals surface area contributed by atoms with Gasteiger partial charge in [0.05, 0.1) is 6.61 Å². The van der Waals surface area contributed by atoms with E-state index in [4.69, 9.17) is 4.74 Å². The first kappa shape index (κ1) is 15.3. The Hall–Kier alpha value is -0.630. The van der Waals surface area contributed by atoms with Crippen molar-refractivity contribution in [2.45, 2.75) is 43.2 Å². The number of fused-ring (bicyclic) bond motifs is 1. The van der Waals surface area contributed by atoms with E-state index in [9.17, 15) is 8.42 Å². The summed E-state index contributed by atoms with van der Waals surface area (Å²) in [5.41, 5.74) is 0.944. The van der Waals surface area contributed by atoms with Crippen molar-refractivity contribution in [2.75, 3.05) is 13.2 Å². The summed E-state index contributed by atoms with van der Waals surface area (Å²) in [4.78, 5) is 0.238. The van der Waals surface area contributed by atoms with Crippen LogP contribution in [-0.4, -0.2) is 33.7 Å². The molecule has 0 spiro atoms. The topological polar surface area (TPSA) is 67.4 Å². The zero-order valence-electron chi connectivity index (χ0n) is 11.9. The van der Waals surface area contributed by atoms with Crippen LogP contribution in [0.4, 0.5) is 0 Å². The fourth-order valence-corrected chi connectivity index (χ4v) is 5.12. The molecule has 0 aromatic heterocycles. The van der Waals surface area contributed by atoms with Crippen LogP contribution in [0, 0.1) is 0 Å². The van der Waals surface area contributed by atoms with Gasteiger partial charge in [-0.1, -0.05) is 15.9 Å². The predicted octanol–water partition coefficient (Wildman–Crippen LogP) is 1.80. The van der Waals surface area contributed by atoms with Crippen LogP contribution in [0.5, 0.6) is 5.75 Å². The smallest absolute Gasteiger partial charge is 0.244 e. The van der Waals surface area contributed by atoms with Gasteiger partial charge in [0.15, 0.2) is 0 Å². The normalized spacial score (nSPS) is 25.4. The van der Waals surface area contributed by atoms with Gasteiger partial charge >= 0.3 is 0 Å². The lowest BCUT2D eigenvalue weighted by Crippen LogP contribution is -2.51. The maximum Gasteiger partial charge on any atom is 0.244 e. The Bertz CT molecular complexity index is 648. The molecule has 2 N–H and O–H groups in total. The Balaban J connectivity index is 1.92. The van der Waals surface area contributed by atoms with Crippen molar-refractivity contribution in [1.29, 1.82) is 0 Å². The molecule has 0 amide bonds. The summed E-state index contributed by atoms with van der Waals surface area (Å²) in [6.07, 6.45) is 2.58. The van der Waals surface area contributed by atoms with Crippen LogP contribution in [0.2, 0.25) is 0 Å². The third-order valence-electron chi connectivity index (χ3n) is 4.07. The molecule has 21 heavy (non-hydrogen) atoms. The first-order valence-corrected chi connectivity index (χ1v) is 9.46. The highest BCUT2D eigenvalue weighted by Gasteiger charge is 2.31. The van der Waals surface area contributed by atoms with Gasteiger partial charge in [0.1, 0.15) is 10.6 Å². The molecular weight excluding hydrogens is 356 g/mol. The molecule has 1 aromatic carbocycles. The molecule has 1 saturated heterocycles. The predicted molar refractivity (Wildman–Crippen MR) is 84.1 cm³/mol. The fourth-order valence-electron chi connectivity index (χ4n) is 2.90. The van der Waals surface area contributed by atoms with Gasteiger partial charge in [-0.25, -0.2) is 13.1 Å². The van der Waals surface area contributed by atoms with Crippen molar-refractivity contribution in [3.05, 3.63) is 22.2 Å². The second-order valence-corrected chi connectivity index (χ2v) is 8.20. The number of hydrogen-bond donors (Lipinski definition) is 2. The molecule has 1 aromatic rings. The second kappa shape index (κ2) is 5.87. The molecule has 2 heterocycles. The van der Waals surface area contributed by atoms with Crippen LogP contribution in [0.3, 0.4) is 0 Å². The quantitative estimate of drug-likeness (QED) is 0.846. The molecule has 116 valence electrons. The van der Waals surface area contributed by atoms with Crippen LogP contribution >= 0.6 is 15.9 Å². The van der Waals surface area contributed by atoms with E-state index in [0.717, 1.165) is 35.8 Å². The molecule has 2 atom stereocenters. The second-order valence-electron chi connectivity index (χ2n) is 5.60. The summed E-state index contributed by atoms with van der Waals surface area (Å²) >= 11 is 3.39. The number of rotatable bonds is 3. The molecule has 0 aliphatic carbocycles. The number of sulfonamides is 1. The molecule has 7 heteroatoms. The molecular formula is C14H19BrN2O3S. The number of piperidine rings is 1. The maximum atomic E-state index is 12.7. The van der Waals surface area contributed by atoms with Gasteiger partial charge in [0.2, 0.25) is 10.0 Å². The SMILES string of the molecule is CC1NCCCC1NS(=O)(=O)c1cc(Br)cc2c1OCC2. The van der Waals surface area contributed by atoms with Crippen LogP contribution in [-0.2, 0) is 16.4 Å². The van der Waals surface area contributed by atoms with E-state index in [2.05, 4.69) is 26.0 Å². The molecule has 2 unspecified atom stereocenters. The van der Waals surface area contributed by atoms with Gasteiger partial charge < -0.3 is 10.1 Å². The molecule has 1 fully saturated rings. The zero-order valence-corrected chi connectivity index (χ0v) is 14.3. The van der Waals surface area contributed by atoms with Crippen LogP contribution in [0.15, 0.2) is 21.5 Å². The number of nitrogens with one attached hydrogen (secondary N) is 2. The van der Waals surface area contributed by atoms with Gasteiger partial charge in [-0.3, -0.25) is 0 Å². The van der Waals surface area contributed by atoms with Gasteiger partial charge in [0.25, 0.3) is 0 Å². The average Bonchev–Trinajstić information content (AvgIpc) is 2.88. The molecule has 0 bridgehead atoms. The molecule has 5 nitrogen and oxygen atoms in total. The molecule has 3 rings (SSSR count). The minimum absolute atomic E-state index is 0.0835. The van der Waals surface area contributed by atoms with Crippen molar-refractivity contribution < 1.29 is 13.2 Å². The highest BCUT2D eigenvalue weighted by molar-refractivity contribution is 9.10. The summed E-state index contributed by atoms with van der Waals surface area (Å²) in [6.45, 7) is 3.48. The minimum Gasteiger partial charge on any atom is -0.492 e. The van der Waals surface area contributed by atoms with Crippen LogP contribution in [0.25, 0.3) is 0 Å². The van der Waals surface area contributed by atoms with Gasteiger partial charge in [-0.2, -0.15) is 0 Å². The summed E-state index contributed by atoms with van der Waals surface area (Å²) in [5.74, 6) is 0.502. The molecule has 0 saturated carbocycles. The lowest BCUT2D eigenvalue weighted by molar-refractivity contribution is 0.342. The van der Waals surface area contributed by atoms with Crippen molar-refractivity contribution in [2.24, 2.45) is 0 Å². The Morgan fingerprint density at radius 2 is 2.24 bits per heavy atom. The lowest BCUT2D eigenvalue weighted by Gasteiger charge is -2.30. The maximum absolute atomic E-state index is 12.7. The first-order chi connectivity index (χ1) is 9.97. The Kier molecular flexibility index (Phi) is 4.27. The Morgan fingerprint density at radius 1 is 1.43 bits per heavy atom. The molecule has 2 aliphatic heterocycles. The number of benzene rings is 1. The van der Waals surface area contributed by atoms with E-state index in [1.165, 1.54) is 0 Å². The summed E-state index contributed by atoms with van der Waals surface area (Å²) < 4.78 is 34.6. The van der Waals surface area contributed by atoms with Gasteiger partial charge in [-0.05, 0) is 38.4 Å². The molecule has 0 radical (unpaired) electrons. The van der Waals surface area contributed by atoms with E-state index in [1.807, 2.05) is 13.0 Å².